The van der Waals surface area contributed by atoms with Gasteiger partial charge in [0.15, 0.2) is 4.87 Å². The van der Waals surface area contributed by atoms with Crippen LogP contribution in [0.1, 0.15) is 25.0 Å². The highest BCUT2D eigenvalue weighted by molar-refractivity contribution is 6.42. The van der Waals surface area contributed by atoms with Crippen LogP contribution in [-0.4, -0.2) is 19.1 Å². The van der Waals surface area contributed by atoms with Gasteiger partial charge in [-0.15, -0.1) is 0 Å². The molecule has 6 heteroatoms. The molecule has 1 atom stereocenters. The van der Waals surface area contributed by atoms with Crippen molar-refractivity contribution in [1.29, 1.82) is 0 Å². The number of carbonyl (C=O) groups excluding carboxylic acids is 1. The van der Waals surface area contributed by atoms with Crippen molar-refractivity contribution in [3.05, 3.63) is 52.5 Å². The van der Waals surface area contributed by atoms with Crippen molar-refractivity contribution < 1.29 is 14.3 Å². The highest BCUT2D eigenvalue weighted by atomic mass is 35.5. The molecular weight excluding hydrogens is 349 g/mol. The van der Waals surface area contributed by atoms with Gasteiger partial charge in [0.2, 0.25) is 0 Å². The number of ether oxygens (including phenoxy) is 2. The van der Waals surface area contributed by atoms with E-state index in [-0.39, 0.29) is 5.91 Å². The van der Waals surface area contributed by atoms with Crippen molar-refractivity contribution in [3.63, 3.8) is 0 Å². The summed E-state index contributed by atoms with van der Waals surface area (Å²) in [4.78, 5) is 11.3. The smallest absolute Gasteiger partial charge is 0.254 e. The molecule has 2 aromatic rings. The van der Waals surface area contributed by atoms with Crippen molar-refractivity contribution in [2.45, 2.75) is 18.7 Å². The Morgan fingerprint density at radius 2 is 1.79 bits per heavy atom. The highest BCUT2D eigenvalue weighted by Crippen LogP contribution is 2.50. The Bertz CT molecular complexity index is 794. The standard InChI is InChI=1S/C18H17Cl2NO3/c1-3-23-12-6-8-16(24-4-2)14(10-12)18(20)13-9-11(19)5-7-15(13)21-17(18)22/h5-10H,3-4H2,1-2H3,(H,21,22). The second kappa shape index (κ2) is 6.54. The largest absolute Gasteiger partial charge is 0.494 e. The van der Waals surface area contributed by atoms with Crippen molar-refractivity contribution in [3.8, 4) is 11.5 Å². The predicted octanol–water partition coefficient (Wildman–Crippen LogP) is 4.57. The quantitative estimate of drug-likeness (QED) is 0.789. The number of nitrogens with one attached hydrogen (secondary N) is 1. The number of hydrogen-bond acceptors (Lipinski definition) is 3. The zero-order valence-electron chi connectivity index (χ0n) is 13.4. The van der Waals surface area contributed by atoms with Crippen LogP contribution >= 0.6 is 23.2 Å². The second-order valence-electron chi connectivity index (χ2n) is 5.33. The summed E-state index contributed by atoms with van der Waals surface area (Å²) in [5.41, 5.74) is 1.79. The van der Waals surface area contributed by atoms with E-state index in [1.807, 2.05) is 13.8 Å². The van der Waals surface area contributed by atoms with Crippen LogP contribution in [0.3, 0.4) is 0 Å². The van der Waals surface area contributed by atoms with Gasteiger partial charge in [-0.3, -0.25) is 4.79 Å². The zero-order chi connectivity index (χ0) is 17.3. The molecule has 0 spiro atoms. The summed E-state index contributed by atoms with van der Waals surface area (Å²) < 4.78 is 11.2. The van der Waals surface area contributed by atoms with Crippen LogP contribution in [0, 0.1) is 0 Å². The maximum atomic E-state index is 12.7. The minimum absolute atomic E-state index is 0.337. The summed E-state index contributed by atoms with van der Waals surface area (Å²) in [5.74, 6) is 0.828. The summed E-state index contributed by atoms with van der Waals surface area (Å²) in [5, 5.41) is 3.32. The topological polar surface area (TPSA) is 47.6 Å². The maximum absolute atomic E-state index is 12.7. The number of anilines is 1. The Kier molecular flexibility index (Phi) is 4.61. The number of fused-ring (bicyclic) bond motifs is 1. The third-order valence-electron chi connectivity index (χ3n) is 3.85. The number of amides is 1. The van der Waals surface area contributed by atoms with Gasteiger partial charge in [0, 0.05) is 21.8 Å². The number of halogens is 2. The molecule has 1 N–H and O–H groups in total. The number of carbonyl (C=O) groups is 1. The molecule has 4 nitrogen and oxygen atoms in total. The third-order valence-corrected chi connectivity index (χ3v) is 4.66. The molecule has 1 aliphatic rings. The first-order valence-corrected chi connectivity index (χ1v) is 8.46. The number of benzene rings is 2. The molecule has 2 aromatic carbocycles. The molecule has 0 saturated carbocycles. The van der Waals surface area contributed by atoms with E-state index >= 15 is 0 Å². The summed E-state index contributed by atoms with van der Waals surface area (Å²) >= 11 is 13.0. The number of hydrogen-bond donors (Lipinski definition) is 1. The predicted molar refractivity (Wildman–Crippen MR) is 95.5 cm³/mol. The van der Waals surface area contributed by atoms with Gasteiger partial charge >= 0.3 is 0 Å². The molecule has 0 radical (unpaired) electrons. The Labute approximate surface area is 150 Å². The van der Waals surface area contributed by atoms with E-state index in [1.165, 1.54) is 0 Å². The van der Waals surface area contributed by atoms with Crippen molar-refractivity contribution >= 4 is 34.8 Å². The van der Waals surface area contributed by atoms with Gasteiger partial charge in [0.05, 0.1) is 13.2 Å². The lowest BCUT2D eigenvalue weighted by atomic mass is 9.90. The van der Waals surface area contributed by atoms with Gasteiger partial charge < -0.3 is 14.8 Å². The molecule has 0 fully saturated rings. The van der Waals surface area contributed by atoms with Gasteiger partial charge in [-0.2, -0.15) is 0 Å². The molecule has 126 valence electrons. The fraction of sp³-hybridized carbons (Fsp3) is 0.278. The van der Waals surface area contributed by atoms with Crippen LogP contribution in [0.2, 0.25) is 5.02 Å². The summed E-state index contributed by atoms with van der Waals surface area (Å²) in [6, 6.07) is 10.5. The number of alkyl halides is 1. The first-order chi connectivity index (χ1) is 11.5. The lowest BCUT2D eigenvalue weighted by Gasteiger charge is -2.24. The molecule has 1 aliphatic heterocycles. The lowest BCUT2D eigenvalue weighted by molar-refractivity contribution is -0.117. The highest BCUT2D eigenvalue weighted by Gasteiger charge is 2.49. The molecule has 1 amide bonds. The van der Waals surface area contributed by atoms with Crippen LogP contribution in [0.25, 0.3) is 0 Å². The summed E-state index contributed by atoms with van der Waals surface area (Å²) in [6.45, 7) is 4.74. The van der Waals surface area contributed by atoms with E-state index in [0.717, 1.165) is 0 Å². The van der Waals surface area contributed by atoms with Gasteiger partial charge in [0.25, 0.3) is 5.91 Å². The zero-order valence-corrected chi connectivity index (χ0v) is 14.9. The van der Waals surface area contributed by atoms with Crippen LogP contribution in [-0.2, 0) is 9.67 Å². The summed E-state index contributed by atoms with van der Waals surface area (Å²) in [6.07, 6.45) is 0. The second-order valence-corrected chi connectivity index (χ2v) is 6.33. The van der Waals surface area contributed by atoms with E-state index in [0.29, 0.717) is 46.5 Å². The lowest BCUT2D eigenvalue weighted by Crippen LogP contribution is -2.30. The third kappa shape index (κ3) is 2.70. The van der Waals surface area contributed by atoms with E-state index in [4.69, 9.17) is 32.7 Å². The molecule has 3 rings (SSSR count). The Morgan fingerprint density at radius 3 is 2.50 bits per heavy atom. The van der Waals surface area contributed by atoms with Gasteiger partial charge in [-0.05, 0) is 50.2 Å². The SMILES string of the molecule is CCOc1ccc(OCC)c(C2(Cl)C(=O)Nc3ccc(Cl)cc32)c1. The molecular formula is C18H17Cl2NO3. The average Bonchev–Trinajstić information content (AvgIpc) is 2.81. The van der Waals surface area contributed by atoms with Crippen molar-refractivity contribution in [2.24, 2.45) is 0 Å². The van der Waals surface area contributed by atoms with Crippen LogP contribution < -0.4 is 14.8 Å². The molecule has 0 saturated heterocycles. The van der Waals surface area contributed by atoms with Crippen LogP contribution in [0.5, 0.6) is 11.5 Å². The minimum atomic E-state index is -1.42. The fourth-order valence-corrected chi connectivity index (χ4v) is 3.35. The van der Waals surface area contributed by atoms with Crippen molar-refractivity contribution in [2.75, 3.05) is 18.5 Å². The van der Waals surface area contributed by atoms with Crippen LogP contribution in [0.15, 0.2) is 36.4 Å². The van der Waals surface area contributed by atoms with Crippen LogP contribution in [0.4, 0.5) is 5.69 Å². The van der Waals surface area contributed by atoms with Crippen molar-refractivity contribution in [1.82, 2.24) is 0 Å². The first kappa shape index (κ1) is 16.9. The molecule has 0 aliphatic carbocycles. The van der Waals surface area contributed by atoms with E-state index in [9.17, 15) is 4.79 Å². The number of rotatable bonds is 5. The van der Waals surface area contributed by atoms with Gasteiger partial charge in [0.1, 0.15) is 11.5 Å². The van der Waals surface area contributed by atoms with E-state index in [1.54, 1.807) is 36.4 Å². The monoisotopic (exact) mass is 365 g/mol. The first-order valence-electron chi connectivity index (χ1n) is 7.71. The molecule has 1 heterocycles. The minimum Gasteiger partial charge on any atom is -0.494 e. The molecule has 1 unspecified atom stereocenters. The van der Waals surface area contributed by atoms with E-state index < -0.39 is 4.87 Å². The van der Waals surface area contributed by atoms with E-state index in [2.05, 4.69) is 5.32 Å². The van der Waals surface area contributed by atoms with Gasteiger partial charge in [-0.1, -0.05) is 23.2 Å². The normalized spacial score (nSPS) is 18.9. The average molecular weight is 366 g/mol. The maximum Gasteiger partial charge on any atom is 0.254 e. The Hall–Kier alpha value is -1.91. The molecule has 0 bridgehead atoms. The molecule has 0 aromatic heterocycles. The Balaban J connectivity index is 2.21. The molecule has 24 heavy (non-hydrogen) atoms. The van der Waals surface area contributed by atoms with Gasteiger partial charge in [-0.25, -0.2) is 0 Å². The fourth-order valence-electron chi connectivity index (χ4n) is 2.82. The summed E-state index contributed by atoms with van der Waals surface area (Å²) in [7, 11) is 0. The Morgan fingerprint density at radius 1 is 1.04 bits per heavy atom.